The number of rotatable bonds is 4. The molecule has 1 aromatic carbocycles. The van der Waals surface area contributed by atoms with Gasteiger partial charge in [-0.15, -0.1) is 0 Å². The molecule has 0 amide bonds. The monoisotopic (exact) mass is 257 g/mol. The summed E-state index contributed by atoms with van der Waals surface area (Å²) in [6.07, 6.45) is 1.55. The van der Waals surface area contributed by atoms with Gasteiger partial charge in [0.1, 0.15) is 5.69 Å². The Morgan fingerprint density at radius 3 is 2.47 bits per heavy atom. The summed E-state index contributed by atoms with van der Waals surface area (Å²) in [6.45, 7) is 3.51. The highest BCUT2D eigenvalue weighted by atomic mass is 16.5. The molecule has 0 atom stereocenters. The molecule has 2 aromatic rings. The topological polar surface area (TPSA) is 59.2 Å². The third kappa shape index (κ3) is 2.57. The number of ketones is 1. The van der Waals surface area contributed by atoms with Crippen LogP contribution in [0.2, 0.25) is 0 Å². The second-order valence-corrected chi connectivity index (χ2v) is 4.10. The molecule has 0 bridgehead atoms. The molecular weight excluding hydrogens is 242 g/mol. The van der Waals surface area contributed by atoms with E-state index in [4.69, 9.17) is 4.74 Å². The number of benzene rings is 1. The number of aromatic amines is 1. The van der Waals surface area contributed by atoms with Crippen molar-refractivity contribution in [2.75, 3.05) is 6.61 Å². The fourth-order valence-electron chi connectivity index (χ4n) is 1.97. The lowest BCUT2D eigenvalue weighted by Gasteiger charge is -2.06. The summed E-state index contributed by atoms with van der Waals surface area (Å²) in [4.78, 5) is 26.4. The van der Waals surface area contributed by atoms with E-state index < -0.39 is 5.97 Å². The van der Waals surface area contributed by atoms with Gasteiger partial charge in [-0.3, -0.25) is 4.79 Å². The Balaban J connectivity index is 2.58. The normalized spacial score (nSPS) is 10.2. The standard InChI is InChI=1S/C15H15NO3/c1-3-19-15(18)14-13(11-7-5-4-6-8-11)12(9-16-14)10(2)17/h4-9,16H,3H2,1-2H3. The lowest BCUT2D eigenvalue weighted by molar-refractivity contribution is 0.0521. The first-order valence-corrected chi connectivity index (χ1v) is 6.10. The first-order chi connectivity index (χ1) is 9.15. The number of Topliss-reactive ketones (excluding diaryl/α,β-unsaturated/α-hetero) is 1. The molecule has 0 aliphatic rings. The summed E-state index contributed by atoms with van der Waals surface area (Å²) >= 11 is 0. The predicted octanol–water partition coefficient (Wildman–Crippen LogP) is 3.06. The van der Waals surface area contributed by atoms with Crippen molar-refractivity contribution < 1.29 is 14.3 Å². The van der Waals surface area contributed by atoms with Gasteiger partial charge in [-0.1, -0.05) is 30.3 Å². The van der Waals surface area contributed by atoms with E-state index in [9.17, 15) is 9.59 Å². The number of esters is 1. The second kappa shape index (κ2) is 5.52. The fraction of sp³-hybridized carbons (Fsp3) is 0.200. The van der Waals surface area contributed by atoms with Crippen LogP contribution in [0.5, 0.6) is 0 Å². The molecule has 1 aromatic heterocycles. The van der Waals surface area contributed by atoms with E-state index in [1.54, 1.807) is 13.1 Å². The average Bonchev–Trinajstić information content (AvgIpc) is 2.85. The van der Waals surface area contributed by atoms with Crippen molar-refractivity contribution in [2.24, 2.45) is 0 Å². The van der Waals surface area contributed by atoms with Crippen molar-refractivity contribution in [3.63, 3.8) is 0 Å². The van der Waals surface area contributed by atoms with Gasteiger partial charge < -0.3 is 9.72 Å². The van der Waals surface area contributed by atoms with E-state index >= 15 is 0 Å². The molecule has 0 unspecified atom stereocenters. The maximum absolute atomic E-state index is 11.9. The average molecular weight is 257 g/mol. The second-order valence-electron chi connectivity index (χ2n) is 4.10. The van der Waals surface area contributed by atoms with Gasteiger partial charge >= 0.3 is 5.97 Å². The Bertz CT molecular complexity index is 599. The molecule has 0 aliphatic carbocycles. The van der Waals surface area contributed by atoms with Gasteiger partial charge in [0.2, 0.25) is 0 Å². The Morgan fingerprint density at radius 1 is 1.21 bits per heavy atom. The summed E-state index contributed by atoms with van der Waals surface area (Å²) in [5, 5.41) is 0. The van der Waals surface area contributed by atoms with Crippen molar-refractivity contribution in [1.29, 1.82) is 0 Å². The SMILES string of the molecule is CCOC(=O)c1[nH]cc(C(C)=O)c1-c1ccccc1. The minimum Gasteiger partial charge on any atom is -0.461 e. The van der Waals surface area contributed by atoms with Crippen molar-refractivity contribution >= 4 is 11.8 Å². The Labute approximate surface area is 111 Å². The zero-order chi connectivity index (χ0) is 13.8. The highest BCUT2D eigenvalue weighted by Crippen LogP contribution is 2.28. The fourth-order valence-corrected chi connectivity index (χ4v) is 1.97. The van der Waals surface area contributed by atoms with Crippen molar-refractivity contribution in [3.05, 3.63) is 47.8 Å². The van der Waals surface area contributed by atoms with Gasteiger partial charge in [0, 0.05) is 17.3 Å². The molecule has 0 saturated heterocycles. The van der Waals surface area contributed by atoms with Crippen molar-refractivity contribution in [3.8, 4) is 11.1 Å². The first-order valence-electron chi connectivity index (χ1n) is 6.10. The third-order valence-corrected chi connectivity index (χ3v) is 2.80. The molecule has 19 heavy (non-hydrogen) atoms. The first kappa shape index (κ1) is 13.1. The lowest BCUT2D eigenvalue weighted by Crippen LogP contribution is -2.07. The van der Waals surface area contributed by atoms with Crippen LogP contribution in [0, 0.1) is 0 Å². The Kier molecular flexibility index (Phi) is 3.80. The number of hydrogen-bond acceptors (Lipinski definition) is 3. The van der Waals surface area contributed by atoms with E-state index in [2.05, 4.69) is 4.98 Å². The van der Waals surface area contributed by atoms with Crippen LogP contribution in [0.1, 0.15) is 34.7 Å². The van der Waals surface area contributed by atoms with Crippen LogP contribution in [-0.4, -0.2) is 23.3 Å². The maximum atomic E-state index is 11.9. The van der Waals surface area contributed by atoms with Crippen molar-refractivity contribution in [2.45, 2.75) is 13.8 Å². The smallest absolute Gasteiger partial charge is 0.355 e. The van der Waals surface area contributed by atoms with E-state index in [0.29, 0.717) is 23.4 Å². The quantitative estimate of drug-likeness (QED) is 0.676. The van der Waals surface area contributed by atoms with E-state index in [-0.39, 0.29) is 5.78 Å². The highest BCUT2D eigenvalue weighted by Gasteiger charge is 2.21. The van der Waals surface area contributed by atoms with Gasteiger partial charge in [0.05, 0.1) is 6.61 Å². The summed E-state index contributed by atoms with van der Waals surface area (Å²) in [7, 11) is 0. The molecule has 0 spiro atoms. The van der Waals surface area contributed by atoms with Crippen LogP contribution in [0.25, 0.3) is 11.1 Å². The Hall–Kier alpha value is -2.36. The molecule has 0 fully saturated rings. The number of carbonyl (C=O) groups excluding carboxylic acids is 2. The van der Waals surface area contributed by atoms with Gasteiger partial charge in [0.15, 0.2) is 5.78 Å². The summed E-state index contributed by atoms with van der Waals surface area (Å²) in [5.41, 5.74) is 2.23. The minimum atomic E-state index is -0.450. The largest absolute Gasteiger partial charge is 0.461 e. The summed E-state index contributed by atoms with van der Waals surface area (Å²) in [6, 6.07) is 9.33. The van der Waals surface area contributed by atoms with Crippen LogP contribution in [-0.2, 0) is 4.74 Å². The van der Waals surface area contributed by atoms with Crippen LogP contribution in [0.15, 0.2) is 36.5 Å². The molecule has 0 saturated carbocycles. The van der Waals surface area contributed by atoms with Gasteiger partial charge in [-0.05, 0) is 19.4 Å². The zero-order valence-electron chi connectivity index (χ0n) is 10.9. The number of carbonyl (C=O) groups is 2. The van der Waals surface area contributed by atoms with E-state index in [0.717, 1.165) is 5.56 Å². The molecule has 1 heterocycles. The number of ether oxygens (including phenoxy) is 1. The molecule has 0 radical (unpaired) electrons. The van der Waals surface area contributed by atoms with Gasteiger partial charge in [0.25, 0.3) is 0 Å². The van der Waals surface area contributed by atoms with E-state index in [1.807, 2.05) is 30.3 Å². The van der Waals surface area contributed by atoms with Crippen LogP contribution < -0.4 is 0 Å². The molecule has 1 N–H and O–H groups in total. The number of H-pyrrole nitrogens is 1. The molecular formula is C15H15NO3. The lowest BCUT2D eigenvalue weighted by atomic mass is 9.99. The Morgan fingerprint density at radius 2 is 1.89 bits per heavy atom. The summed E-state index contributed by atoms with van der Waals surface area (Å²) in [5.74, 6) is -0.542. The van der Waals surface area contributed by atoms with Gasteiger partial charge in [-0.2, -0.15) is 0 Å². The number of hydrogen-bond donors (Lipinski definition) is 1. The van der Waals surface area contributed by atoms with Crippen LogP contribution in [0.4, 0.5) is 0 Å². The predicted molar refractivity (Wildman–Crippen MR) is 72.2 cm³/mol. The molecule has 4 heteroatoms. The van der Waals surface area contributed by atoms with Crippen LogP contribution in [0.3, 0.4) is 0 Å². The maximum Gasteiger partial charge on any atom is 0.355 e. The third-order valence-electron chi connectivity index (χ3n) is 2.80. The zero-order valence-corrected chi connectivity index (χ0v) is 10.9. The van der Waals surface area contributed by atoms with Gasteiger partial charge in [-0.25, -0.2) is 4.79 Å². The minimum absolute atomic E-state index is 0.0920. The number of nitrogens with one attached hydrogen (secondary N) is 1. The van der Waals surface area contributed by atoms with E-state index in [1.165, 1.54) is 6.92 Å². The van der Waals surface area contributed by atoms with Crippen LogP contribution >= 0.6 is 0 Å². The molecule has 2 rings (SSSR count). The molecule has 4 nitrogen and oxygen atoms in total. The van der Waals surface area contributed by atoms with Crippen molar-refractivity contribution in [1.82, 2.24) is 4.98 Å². The molecule has 98 valence electrons. The summed E-state index contributed by atoms with van der Waals surface area (Å²) < 4.78 is 5.00. The molecule has 0 aliphatic heterocycles. The number of aromatic nitrogens is 1. The highest BCUT2D eigenvalue weighted by molar-refractivity contribution is 6.07.